The number of nitrogens with zero attached hydrogens (tertiary/aromatic N) is 2. The van der Waals surface area contributed by atoms with Gasteiger partial charge >= 0.3 is 15.2 Å². The molecule has 0 bridgehead atoms. The van der Waals surface area contributed by atoms with Crippen molar-refractivity contribution in [2.45, 2.75) is 5.52 Å². The van der Waals surface area contributed by atoms with Crippen molar-refractivity contribution in [1.82, 2.24) is 4.57 Å². The number of benzene rings is 1. The molecule has 2 rings (SSSR count). The fourth-order valence-corrected chi connectivity index (χ4v) is 7.05. The molecule has 10 nitrogen and oxygen atoms in total. The van der Waals surface area contributed by atoms with E-state index in [1.54, 1.807) is 6.07 Å². The van der Waals surface area contributed by atoms with Crippen molar-refractivity contribution in [2.75, 3.05) is 28.4 Å². The molecule has 138 valence electrons. The van der Waals surface area contributed by atoms with Crippen LogP contribution in [0.1, 0.15) is 5.52 Å². The molecule has 0 saturated carbocycles. The van der Waals surface area contributed by atoms with Crippen LogP contribution in [0.15, 0.2) is 30.5 Å². The molecule has 0 unspecified atom stereocenters. The van der Waals surface area contributed by atoms with Crippen molar-refractivity contribution in [3.63, 3.8) is 0 Å². The van der Waals surface area contributed by atoms with E-state index in [0.717, 1.165) is 28.4 Å². The van der Waals surface area contributed by atoms with E-state index in [1.807, 2.05) is 0 Å². The molecule has 12 heteroatoms. The Morgan fingerprint density at radius 1 is 1.00 bits per heavy atom. The van der Waals surface area contributed by atoms with Crippen molar-refractivity contribution in [3.05, 3.63) is 40.6 Å². The third-order valence-corrected chi connectivity index (χ3v) is 9.11. The average molecular weight is 392 g/mol. The van der Waals surface area contributed by atoms with Crippen molar-refractivity contribution in [1.29, 1.82) is 0 Å². The van der Waals surface area contributed by atoms with Crippen molar-refractivity contribution >= 4 is 31.8 Å². The highest BCUT2D eigenvalue weighted by molar-refractivity contribution is 7.71. The van der Waals surface area contributed by atoms with Crippen LogP contribution in [0.4, 0.5) is 5.69 Å². The lowest BCUT2D eigenvalue weighted by Crippen LogP contribution is -2.14. The zero-order valence-electron chi connectivity index (χ0n) is 14.0. The van der Waals surface area contributed by atoms with Crippen LogP contribution < -0.4 is 0 Å². The molecule has 25 heavy (non-hydrogen) atoms. The lowest BCUT2D eigenvalue weighted by atomic mass is 10.2. The van der Waals surface area contributed by atoms with Gasteiger partial charge in [-0.25, -0.2) is 0 Å². The second-order valence-corrected chi connectivity index (χ2v) is 9.89. The lowest BCUT2D eigenvalue weighted by molar-refractivity contribution is -0.384. The number of hydrogen-bond acceptors (Lipinski definition) is 8. The number of nitro groups is 1. The molecule has 0 amide bonds. The van der Waals surface area contributed by atoms with Gasteiger partial charge in [0.25, 0.3) is 5.69 Å². The highest BCUT2D eigenvalue weighted by Gasteiger charge is 2.51. The fraction of sp³-hybridized carbons (Fsp3) is 0.385. The second-order valence-electron chi connectivity index (χ2n) is 4.88. The van der Waals surface area contributed by atoms with E-state index in [9.17, 15) is 19.2 Å². The third kappa shape index (κ3) is 3.42. The van der Waals surface area contributed by atoms with Crippen LogP contribution >= 0.6 is 15.2 Å². The van der Waals surface area contributed by atoms with Crippen molar-refractivity contribution in [2.24, 2.45) is 0 Å². The Morgan fingerprint density at radius 3 is 1.96 bits per heavy atom. The monoisotopic (exact) mass is 392 g/mol. The van der Waals surface area contributed by atoms with Gasteiger partial charge in [-0.1, -0.05) is 0 Å². The molecule has 0 spiro atoms. The van der Waals surface area contributed by atoms with Gasteiger partial charge in [-0.15, -0.1) is 0 Å². The van der Waals surface area contributed by atoms with E-state index >= 15 is 0 Å². The van der Waals surface area contributed by atoms with Gasteiger partial charge in [-0.2, -0.15) is 0 Å². The summed E-state index contributed by atoms with van der Waals surface area (Å²) in [6.45, 7) is 0. The predicted molar refractivity (Wildman–Crippen MR) is 90.9 cm³/mol. The predicted octanol–water partition coefficient (Wildman–Crippen LogP) is 3.98. The molecule has 0 aliphatic carbocycles. The first-order valence-electron chi connectivity index (χ1n) is 6.93. The highest BCUT2D eigenvalue weighted by atomic mass is 31.2. The number of aromatic nitrogens is 1. The number of fused-ring (bicyclic) bond motifs is 1. The second kappa shape index (κ2) is 7.37. The Balaban J connectivity index is 2.75. The average Bonchev–Trinajstić information content (AvgIpc) is 3.04. The molecule has 1 aromatic heterocycles. The normalized spacial score (nSPS) is 12.8. The Labute approximate surface area is 143 Å². The molecule has 1 heterocycles. The van der Waals surface area contributed by atoms with Gasteiger partial charge in [0.05, 0.1) is 4.92 Å². The third-order valence-electron chi connectivity index (χ3n) is 3.75. The van der Waals surface area contributed by atoms with Gasteiger partial charge in [0.2, 0.25) is 5.52 Å². The maximum atomic E-state index is 13.0. The van der Waals surface area contributed by atoms with Crippen LogP contribution in [0.3, 0.4) is 0 Å². The number of non-ortho nitro benzene ring substituents is 1. The molecule has 0 saturated heterocycles. The molecule has 0 N–H and O–H groups in total. The van der Waals surface area contributed by atoms with Gasteiger partial charge in [-0.3, -0.25) is 19.2 Å². The zero-order valence-corrected chi connectivity index (χ0v) is 15.8. The first kappa shape index (κ1) is 19.8. The highest BCUT2D eigenvalue weighted by Crippen LogP contribution is 2.76. The van der Waals surface area contributed by atoms with E-state index in [0.29, 0.717) is 10.9 Å². The first-order chi connectivity index (χ1) is 11.8. The van der Waals surface area contributed by atoms with E-state index in [-0.39, 0.29) is 5.69 Å². The van der Waals surface area contributed by atoms with E-state index < -0.39 is 25.6 Å². The fourth-order valence-electron chi connectivity index (χ4n) is 2.47. The van der Waals surface area contributed by atoms with Crippen molar-refractivity contribution in [3.8, 4) is 0 Å². The van der Waals surface area contributed by atoms with Gasteiger partial charge in [-0.05, 0) is 12.1 Å². The van der Waals surface area contributed by atoms with Crippen LogP contribution in [-0.2, 0) is 27.2 Å². The minimum absolute atomic E-state index is 0.106. The standard InChI is InChI=1S/C13H18N2O8P2/c1-20-24(18,21-2)13(25(19,22-3)23-4)14-8-7-10-9-11(15(16)17)5-6-12(10)14/h5-9,13H,1-4H3. The summed E-state index contributed by atoms with van der Waals surface area (Å²) in [5.41, 5.74) is -1.10. The van der Waals surface area contributed by atoms with Crippen LogP contribution in [-0.4, -0.2) is 37.9 Å². The van der Waals surface area contributed by atoms with Gasteiger partial charge in [0, 0.05) is 57.7 Å². The molecular formula is C13H18N2O8P2. The van der Waals surface area contributed by atoms with Crippen molar-refractivity contribution < 1.29 is 32.1 Å². The van der Waals surface area contributed by atoms with E-state index in [2.05, 4.69) is 0 Å². The van der Waals surface area contributed by atoms with Gasteiger partial charge < -0.3 is 22.7 Å². The maximum Gasteiger partial charge on any atom is 0.365 e. The number of nitro benzene ring substituents is 1. The smallest absolute Gasteiger partial charge is 0.322 e. The maximum absolute atomic E-state index is 13.0. The Bertz CT molecular complexity index is 838. The summed E-state index contributed by atoms with van der Waals surface area (Å²) in [5.74, 6) is 0. The summed E-state index contributed by atoms with van der Waals surface area (Å²) < 4.78 is 47.4. The Hall–Kier alpha value is -1.54. The van der Waals surface area contributed by atoms with Crippen LogP contribution in [0, 0.1) is 10.1 Å². The van der Waals surface area contributed by atoms with E-state index in [4.69, 9.17) is 18.1 Å². The van der Waals surface area contributed by atoms with E-state index in [1.165, 1.54) is 29.0 Å². The van der Waals surface area contributed by atoms with Crippen LogP contribution in [0.5, 0.6) is 0 Å². The van der Waals surface area contributed by atoms with Gasteiger partial charge in [0.15, 0.2) is 0 Å². The summed E-state index contributed by atoms with van der Waals surface area (Å²) in [6.07, 6.45) is 1.47. The summed E-state index contributed by atoms with van der Waals surface area (Å²) in [4.78, 5) is 10.4. The largest absolute Gasteiger partial charge is 0.365 e. The summed E-state index contributed by atoms with van der Waals surface area (Å²) >= 11 is 0. The molecule has 0 radical (unpaired) electrons. The topological polar surface area (TPSA) is 119 Å². The lowest BCUT2D eigenvalue weighted by Gasteiger charge is -2.30. The molecule has 0 atom stereocenters. The van der Waals surface area contributed by atoms with Crippen LogP contribution in [0.25, 0.3) is 10.9 Å². The summed E-state index contributed by atoms with van der Waals surface area (Å²) in [6, 6.07) is 5.63. The molecule has 2 aromatic rings. The zero-order chi connectivity index (χ0) is 18.8. The molecule has 0 aliphatic heterocycles. The Morgan fingerprint density at radius 2 is 1.52 bits per heavy atom. The minimum Gasteiger partial charge on any atom is -0.322 e. The quantitative estimate of drug-likeness (QED) is 0.376. The SMILES string of the molecule is COP(=O)(OC)C(n1ccc2cc([N+](=O)[O-])ccc21)P(=O)(OC)OC. The molecule has 0 fully saturated rings. The first-order valence-corrected chi connectivity index (χ1v) is 10.2. The minimum atomic E-state index is -3.95. The molecule has 0 aliphatic rings. The summed E-state index contributed by atoms with van der Waals surface area (Å²) in [7, 11) is -3.28. The molecular weight excluding hydrogens is 374 g/mol. The Kier molecular flexibility index (Phi) is 5.83. The number of rotatable bonds is 8. The number of hydrogen-bond donors (Lipinski definition) is 0. The van der Waals surface area contributed by atoms with Gasteiger partial charge in [0.1, 0.15) is 0 Å². The summed E-state index contributed by atoms with van der Waals surface area (Å²) in [5, 5.41) is 11.4. The van der Waals surface area contributed by atoms with Crippen LogP contribution in [0.2, 0.25) is 0 Å². The molecule has 1 aromatic carbocycles.